The third kappa shape index (κ3) is 3.47. The molecular weight excluding hydrogens is 240 g/mol. The third-order valence-corrected chi connectivity index (χ3v) is 3.38. The average Bonchev–Trinajstić information content (AvgIpc) is 2.72. The van der Waals surface area contributed by atoms with Crippen LogP contribution in [0, 0.1) is 5.92 Å². The Morgan fingerprint density at radius 3 is 2.63 bits per heavy atom. The minimum atomic E-state index is -0.0923. The highest BCUT2D eigenvalue weighted by Crippen LogP contribution is 2.21. The van der Waals surface area contributed by atoms with Crippen LogP contribution in [0.3, 0.4) is 0 Å². The number of hydrogen-bond donors (Lipinski definition) is 2. The van der Waals surface area contributed by atoms with Crippen LogP contribution in [0.4, 0.5) is 4.79 Å². The Labute approximate surface area is 114 Å². The molecule has 1 aliphatic rings. The first kappa shape index (κ1) is 13.9. The Kier molecular flexibility index (Phi) is 4.43. The minimum absolute atomic E-state index is 0.00741. The number of carbonyl (C=O) groups is 1. The number of amides is 2. The summed E-state index contributed by atoms with van der Waals surface area (Å²) in [5.41, 5.74) is 2.46. The largest absolute Gasteiger partial charge is 0.395 e. The van der Waals surface area contributed by atoms with E-state index in [0.717, 1.165) is 12.0 Å². The van der Waals surface area contributed by atoms with Gasteiger partial charge in [-0.25, -0.2) is 4.79 Å². The second-order valence-corrected chi connectivity index (χ2v) is 5.51. The van der Waals surface area contributed by atoms with Crippen molar-refractivity contribution in [2.24, 2.45) is 5.92 Å². The van der Waals surface area contributed by atoms with Crippen molar-refractivity contribution in [3.63, 3.8) is 0 Å². The molecule has 0 radical (unpaired) electrons. The first-order valence-corrected chi connectivity index (χ1v) is 6.85. The predicted molar refractivity (Wildman–Crippen MR) is 74.9 cm³/mol. The zero-order chi connectivity index (χ0) is 13.8. The van der Waals surface area contributed by atoms with E-state index in [1.54, 1.807) is 4.90 Å². The summed E-state index contributed by atoms with van der Waals surface area (Å²) < 4.78 is 0. The molecule has 2 rings (SSSR count). The Morgan fingerprint density at radius 1 is 1.37 bits per heavy atom. The maximum absolute atomic E-state index is 11.7. The lowest BCUT2D eigenvalue weighted by Crippen LogP contribution is -2.30. The van der Waals surface area contributed by atoms with Crippen molar-refractivity contribution in [2.45, 2.75) is 26.3 Å². The van der Waals surface area contributed by atoms with Gasteiger partial charge in [0.15, 0.2) is 0 Å². The molecule has 104 valence electrons. The molecule has 1 atom stereocenters. The molecule has 1 unspecified atom stereocenters. The number of nitrogens with one attached hydrogen (secondary N) is 1. The molecule has 4 heteroatoms. The molecule has 1 aromatic carbocycles. The van der Waals surface area contributed by atoms with Gasteiger partial charge in [-0.15, -0.1) is 0 Å². The van der Waals surface area contributed by atoms with Gasteiger partial charge in [0.05, 0.1) is 12.6 Å². The molecule has 0 bridgehead atoms. The van der Waals surface area contributed by atoms with E-state index in [-0.39, 0.29) is 18.7 Å². The Balaban J connectivity index is 2.01. The number of rotatable bonds is 5. The van der Waals surface area contributed by atoms with Crippen LogP contribution in [-0.2, 0) is 6.42 Å². The number of β-amino-alcohol motifs (C(OH)–C–C–N with tert-alkyl or cyclic N) is 1. The summed E-state index contributed by atoms with van der Waals surface area (Å²) in [6, 6.07) is 8.39. The maximum Gasteiger partial charge on any atom is 0.318 e. The Hall–Kier alpha value is -1.55. The Morgan fingerprint density at radius 2 is 2.05 bits per heavy atom. The van der Waals surface area contributed by atoms with Gasteiger partial charge < -0.3 is 15.3 Å². The van der Waals surface area contributed by atoms with Crippen molar-refractivity contribution in [1.29, 1.82) is 0 Å². The molecule has 4 nitrogen and oxygen atoms in total. The van der Waals surface area contributed by atoms with Gasteiger partial charge in [0.25, 0.3) is 0 Å². The number of nitrogens with zero attached hydrogens (tertiary/aromatic N) is 1. The average molecular weight is 262 g/mol. The first-order valence-electron chi connectivity index (χ1n) is 6.85. The maximum atomic E-state index is 11.7. The van der Waals surface area contributed by atoms with E-state index in [1.807, 2.05) is 0 Å². The van der Waals surface area contributed by atoms with E-state index in [4.69, 9.17) is 5.11 Å². The van der Waals surface area contributed by atoms with Crippen molar-refractivity contribution in [1.82, 2.24) is 10.2 Å². The van der Waals surface area contributed by atoms with E-state index in [2.05, 4.69) is 43.4 Å². The highest BCUT2D eigenvalue weighted by atomic mass is 16.3. The quantitative estimate of drug-likeness (QED) is 0.852. The molecule has 0 aromatic heterocycles. The van der Waals surface area contributed by atoms with Gasteiger partial charge in [-0.2, -0.15) is 0 Å². The number of aliphatic hydroxyl groups excluding tert-OH is 1. The molecule has 0 saturated carbocycles. The summed E-state index contributed by atoms with van der Waals surface area (Å²) in [4.78, 5) is 13.3. The van der Waals surface area contributed by atoms with Crippen molar-refractivity contribution >= 4 is 6.03 Å². The molecular formula is C15H22N2O2. The second kappa shape index (κ2) is 6.06. The van der Waals surface area contributed by atoms with E-state index in [0.29, 0.717) is 19.0 Å². The van der Waals surface area contributed by atoms with Gasteiger partial charge in [-0.1, -0.05) is 38.1 Å². The smallest absolute Gasteiger partial charge is 0.318 e. The molecule has 2 N–H and O–H groups in total. The monoisotopic (exact) mass is 262 g/mol. The number of benzene rings is 1. The van der Waals surface area contributed by atoms with Crippen LogP contribution in [-0.4, -0.2) is 35.7 Å². The fraction of sp³-hybridized carbons (Fsp3) is 0.533. The summed E-state index contributed by atoms with van der Waals surface area (Å²) >= 11 is 0. The van der Waals surface area contributed by atoms with Crippen LogP contribution in [0.25, 0.3) is 0 Å². The van der Waals surface area contributed by atoms with Crippen molar-refractivity contribution in [3.05, 3.63) is 35.4 Å². The third-order valence-electron chi connectivity index (χ3n) is 3.38. The lowest BCUT2D eigenvalue weighted by Gasteiger charge is -2.13. The molecule has 2 amide bonds. The fourth-order valence-corrected chi connectivity index (χ4v) is 2.45. The van der Waals surface area contributed by atoms with Crippen LogP contribution in [0.5, 0.6) is 0 Å². The fourth-order valence-electron chi connectivity index (χ4n) is 2.45. The van der Waals surface area contributed by atoms with Gasteiger partial charge in [-0.05, 0) is 23.5 Å². The van der Waals surface area contributed by atoms with Crippen LogP contribution in [0.2, 0.25) is 0 Å². The molecule has 1 saturated heterocycles. The van der Waals surface area contributed by atoms with Crippen LogP contribution in [0.1, 0.15) is 31.0 Å². The van der Waals surface area contributed by atoms with Gasteiger partial charge in [0.2, 0.25) is 0 Å². The number of urea groups is 1. The molecule has 0 spiro atoms. The topological polar surface area (TPSA) is 52.6 Å². The van der Waals surface area contributed by atoms with Gasteiger partial charge in [0, 0.05) is 13.1 Å². The molecule has 0 aliphatic carbocycles. The zero-order valence-corrected chi connectivity index (χ0v) is 11.6. The van der Waals surface area contributed by atoms with Crippen LogP contribution in [0.15, 0.2) is 24.3 Å². The predicted octanol–water partition coefficient (Wildman–Crippen LogP) is 1.94. The summed E-state index contributed by atoms with van der Waals surface area (Å²) in [6.45, 7) is 5.44. The normalized spacial score (nSPS) is 19.1. The summed E-state index contributed by atoms with van der Waals surface area (Å²) in [5.74, 6) is 0.650. The van der Waals surface area contributed by atoms with Crippen molar-refractivity contribution in [3.8, 4) is 0 Å². The van der Waals surface area contributed by atoms with Crippen molar-refractivity contribution < 1.29 is 9.90 Å². The highest BCUT2D eigenvalue weighted by molar-refractivity contribution is 5.77. The molecule has 19 heavy (non-hydrogen) atoms. The number of aliphatic hydroxyl groups is 1. The van der Waals surface area contributed by atoms with E-state index in [1.165, 1.54) is 5.56 Å². The summed E-state index contributed by atoms with van der Waals surface area (Å²) in [7, 11) is 0. The lowest BCUT2D eigenvalue weighted by molar-refractivity contribution is 0.196. The minimum Gasteiger partial charge on any atom is -0.395 e. The van der Waals surface area contributed by atoms with E-state index in [9.17, 15) is 4.79 Å². The highest BCUT2D eigenvalue weighted by Gasteiger charge is 2.28. The van der Waals surface area contributed by atoms with Crippen LogP contribution < -0.4 is 5.32 Å². The number of carbonyl (C=O) groups excluding carboxylic acids is 1. The summed E-state index contributed by atoms with van der Waals surface area (Å²) in [5, 5.41) is 11.8. The Bertz CT molecular complexity index is 428. The number of hydrogen-bond acceptors (Lipinski definition) is 2. The molecule has 1 aliphatic heterocycles. The SMILES string of the molecule is CC(C)Cc1ccc(C2CN(CCO)C(=O)N2)cc1. The molecule has 1 fully saturated rings. The van der Waals surface area contributed by atoms with E-state index < -0.39 is 0 Å². The van der Waals surface area contributed by atoms with Crippen molar-refractivity contribution in [2.75, 3.05) is 19.7 Å². The molecule has 1 heterocycles. The summed E-state index contributed by atoms with van der Waals surface area (Å²) in [6.07, 6.45) is 1.08. The van der Waals surface area contributed by atoms with Crippen LogP contribution >= 0.6 is 0 Å². The zero-order valence-electron chi connectivity index (χ0n) is 11.6. The lowest BCUT2D eigenvalue weighted by atomic mass is 9.99. The van der Waals surface area contributed by atoms with Gasteiger partial charge in [0.1, 0.15) is 0 Å². The van der Waals surface area contributed by atoms with E-state index >= 15 is 0 Å². The molecule has 1 aromatic rings. The van der Waals surface area contributed by atoms with Gasteiger partial charge >= 0.3 is 6.03 Å². The van der Waals surface area contributed by atoms with Gasteiger partial charge in [-0.3, -0.25) is 0 Å². The first-order chi connectivity index (χ1) is 9.10. The standard InChI is InChI=1S/C15H22N2O2/c1-11(2)9-12-3-5-13(6-4-12)14-10-17(7-8-18)15(19)16-14/h3-6,11,14,18H,7-10H2,1-2H3,(H,16,19). The second-order valence-electron chi connectivity index (χ2n) is 5.51.